The van der Waals surface area contributed by atoms with Crippen LogP contribution in [0.4, 0.5) is 0 Å². The number of carbonyl (C=O) groups is 1. The lowest BCUT2D eigenvalue weighted by Gasteiger charge is -2.18. The minimum Gasteiger partial charge on any atom is -0.493 e. The molecule has 1 aliphatic carbocycles. The van der Waals surface area contributed by atoms with Crippen molar-refractivity contribution in [2.24, 2.45) is 0 Å². The highest BCUT2D eigenvalue weighted by Gasteiger charge is 2.20. The number of carbonyl (C=O) groups excluding carboxylic acids is 1. The molecular weight excluding hydrogens is 368 g/mol. The van der Waals surface area contributed by atoms with E-state index in [2.05, 4.69) is 15.9 Å². The number of hydrogen-bond donors (Lipinski definition) is 0. The van der Waals surface area contributed by atoms with E-state index in [0.717, 1.165) is 40.5 Å². The van der Waals surface area contributed by atoms with Gasteiger partial charge in [-0.3, -0.25) is 0 Å². The Morgan fingerprint density at radius 2 is 1.71 bits per heavy atom. The third-order valence-electron chi connectivity index (χ3n) is 4.51. The average Bonchev–Trinajstić information content (AvgIpc) is 3.10. The number of aldehydes is 1. The Morgan fingerprint density at radius 3 is 2.33 bits per heavy atom. The molecule has 0 aromatic heterocycles. The number of rotatable bonds is 6. The van der Waals surface area contributed by atoms with E-state index < -0.39 is 0 Å². The predicted molar refractivity (Wildman–Crippen MR) is 97.9 cm³/mol. The Morgan fingerprint density at radius 1 is 1.04 bits per heavy atom. The molecule has 3 nitrogen and oxygen atoms in total. The summed E-state index contributed by atoms with van der Waals surface area (Å²) in [4.78, 5) is 11.7. The van der Waals surface area contributed by atoms with Crippen LogP contribution in [0.15, 0.2) is 46.9 Å². The van der Waals surface area contributed by atoms with Crippen molar-refractivity contribution in [3.8, 4) is 11.5 Å². The smallest absolute Gasteiger partial charge is 0.161 e. The third-order valence-corrected chi connectivity index (χ3v) is 5.04. The standard InChI is InChI=1S/C20H21BrO3/c1-23-19-11-8-15(12-20(19)24-17-4-2-3-5-17)18(13-22)14-6-9-16(21)10-7-14/h6-13,17-18H,2-5H2,1H3. The van der Waals surface area contributed by atoms with Gasteiger partial charge in [0, 0.05) is 4.47 Å². The van der Waals surface area contributed by atoms with Crippen molar-refractivity contribution in [2.45, 2.75) is 37.7 Å². The van der Waals surface area contributed by atoms with Crippen molar-refractivity contribution in [1.82, 2.24) is 0 Å². The topological polar surface area (TPSA) is 35.5 Å². The van der Waals surface area contributed by atoms with Gasteiger partial charge in [0.05, 0.1) is 19.1 Å². The van der Waals surface area contributed by atoms with Crippen LogP contribution >= 0.6 is 15.9 Å². The van der Waals surface area contributed by atoms with Crippen molar-refractivity contribution in [3.63, 3.8) is 0 Å². The summed E-state index contributed by atoms with van der Waals surface area (Å²) in [5, 5.41) is 0. The van der Waals surface area contributed by atoms with E-state index in [1.807, 2.05) is 42.5 Å². The fraction of sp³-hybridized carbons (Fsp3) is 0.350. The number of ether oxygens (including phenoxy) is 2. The average molecular weight is 389 g/mol. The molecule has 126 valence electrons. The molecular formula is C20H21BrO3. The maximum Gasteiger partial charge on any atom is 0.161 e. The van der Waals surface area contributed by atoms with Gasteiger partial charge in [-0.2, -0.15) is 0 Å². The van der Waals surface area contributed by atoms with Crippen molar-refractivity contribution >= 4 is 22.2 Å². The highest BCUT2D eigenvalue weighted by molar-refractivity contribution is 9.10. The molecule has 0 saturated heterocycles. The number of benzene rings is 2. The molecule has 0 aliphatic heterocycles. The van der Waals surface area contributed by atoms with Crippen molar-refractivity contribution in [1.29, 1.82) is 0 Å². The van der Waals surface area contributed by atoms with Crippen molar-refractivity contribution in [2.75, 3.05) is 7.11 Å². The summed E-state index contributed by atoms with van der Waals surface area (Å²) in [6.45, 7) is 0. The second-order valence-corrected chi connectivity index (χ2v) is 7.02. The van der Waals surface area contributed by atoms with Crippen LogP contribution in [0.1, 0.15) is 42.7 Å². The Labute approximate surface area is 151 Å². The van der Waals surface area contributed by atoms with Gasteiger partial charge in [0.25, 0.3) is 0 Å². The van der Waals surface area contributed by atoms with Crippen LogP contribution in [0, 0.1) is 0 Å². The summed E-state index contributed by atoms with van der Waals surface area (Å²) in [5.41, 5.74) is 1.88. The molecule has 1 fully saturated rings. The monoisotopic (exact) mass is 388 g/mol. The predicted octanol–water partition coefficient (Wildman–Crippen LogP) is 5.11. The normalized spacial score (nSPS) is 15.9. The lowest BCUT2D eigenvalue weighted by molar-refractivity contribution is -0.108. The fourth-order valence-electron chi connectivity index (χ4n) is 3.18. The summed E-state index contributed by atoms with van der Waals surface area (Å²) in [5.74, 6) is 1.13. The largest absolute Gasteiger partial charge is 0.493 e. The molecule has 0 amide bonds. The van der Waals surface area contributed by atoms with Gasteiger partial charge in [-0.15, -0.1) is 0 Å². The lowest BCUT2D eigenvalue weighted by atomic mass is 9.92. The van der Waals surface area contributed by atoms with Gasteiger partial charge in [-0.05, 0) is 61.1 Å². The van der Waals surface area contributed by atoms with E-state index in [9.17, 15) is 4.79 Å². The molecule has 0 bridgehead atoms. The molecule has 2 aromatic carbocycles. The molecule has 24 heavy (non-hydrogen) atoms. The molecule has 0 spiro atoms. The van der Waals surface area contributed by atoms with Crippen LogP contribution in [-0.2, 0) is 4.79 Å². The van der Waals surface area contributed by atoms with Crippen LogP contribution in [0.5, 0.6) is 11.5 Å². The minimum atomic E-state index is -0.310. The maximum atomic E-state index is 11.7. The van der Waals surface area contributed by atoms with E-state index in [1.165, 1.54) is 12.8 Å². The number of methoxy groups -OCH3 is 1. The molecule has 0 N–H and O–H groups in total. The van der Waals surface area contributed by atoms with Crippen LogP contribution in [-0.4, -0.2) is 19.5 Å². The third kappa shape index (κ3) is 3.81. The van der Waals surface area contributed by atoms with Gasteiger partial charge < -0.3 is 14.3 Å². The second kappa shape index (κ2) is 7.84. The van der Waals surface area contributed by atoms with E-state index in [1.54, 1.807) is 7.11 Å². The summed E-state index contributed by atoms with van der Waals surface area (Å²) in [6.07, 6.45) is 5.81. The van der Waals surface area contributed by atoms with Gasteiger partial charge in [-0.25, -0.2) is 0 Å². The van der Waals surface area contributed by atoms with Gasteiger partial charge in [0.2, 0.25) is 0 Å². The summed E-state index contributed by atoms with van der Waals surface area (Å²) in [6, 6.07) is 13.6. The first-order chi connectivity index (χ1) is 11.7. The van der Waals surface area contributed by atoms with Crippen LogP contribution < -0.4 is 9.47 Å². The van der Waals surface area contributed by atoms with Gasteiger partial charge in [0.1, 0.15) is 6.29 Å². The molecule has 1 saturated carbocycles. The molecule has 1 atom stereocenters. The van der Waals surface area contributed by atoms with Crippen LogP contribution in [0.2, 0.25) is 0 Å². The van der Waals surface area contributed by atoms with E-state index in [4.69, 9.17) is 9.47 Å². The van der Waals surface area contributed by atoms with E-state index in [0.29, 0.717) is 5.75 Å². The first kappa shape index (κ1) is 17.0. The van der Waals surface area contributed by atoms with Crippen LogP contribution in [0.3, 0.4) is 0 Å². The zero-order valence-corrected chi connectivity index (χ0v) is 15.3. The zero-order chi connectivity index (χ0) is 16.9. The Kier molecular flexibility index (Phi) is 5.56. The Hall–Kier alpha value is -1.81. The first-order valence-electron chi connectivity index (χ1n) is 8.26. The second-order valence-electron chi connectivity index (χ2n) is 6.10. The highest BCUT2D eigenvalue weighted by atomic mass is 79.9. The Bertz CT molecular complexity index is 691. The molecule has 0 heterocycles. The lowest BCUT2D eigenvalue weighted by Crippen LogP contribution is -2.12. The number of hydrogen-bond acceptors (Lipinski definition) is 3. The van der Waals surface area contributed by atoms with E-state index >= 15 is 0 Å². The van der Waals surface area contributed by atoms with Crippen molar-refractivity contribution < 1.29 is 14.3 Å². The van der Waals surface area contributed by atoms with Gasteiger partial charge >= 0.3 is 0 Å². The number of halogens is 1. The molecule has 1 aliphatic rings. The molecule has 4 heteroatoms. The van der Waals surface area contributed by atoms with E-state index in [-0.39, 0.29) is 12.0 Å². The summed E-state index contributed by atoms with van der Waals surface area (Å²) in [7, 11) is 1.64. The van der Waals surface area contributed by atoms with Gasteiger partial charge in [0.15, 0.2) is 11.5 Å². The maximum absolute atomic E-state index is 11.7. The molecule has 2 aromatic rings. The molecule has 1 unspecified atom stereocenters. The highest BCUT2D eigenvalue weighted by Crippen LogP contribution is 2.35. The minimum absolute atomic E-state index is 0.247. The molecule has 0 radical (unpaired) electrons. The Balaban J connectivity index is 1.90. The quantitative estimate of drug-likeness (QED) is 0.644. The fourth-order valence-corrected chi connectivity index (χ4v) is 3.45. The first-order valence-corrected chi connectivity index (χ1v) is 9.06. The molecule has 3 rings (SSSR count). The zero-order valence-electron chi connectivity index (χ0n) is 13.7. The summed E-state index contributed by atoms with van der Waals surface area (Å²) < 4.78 is 12.6. The van der Waals surface area contributed by atoms with Crippen molar-refractivity contribution in [3.05, 3.63) is 58.1 Å². The van der Waals surface area contributed by atoms with Crippen LogP contribution in [0.25, 0.3) is 0 Å². The van der Waals surface area contributed by atoms with Gasteiger partial charge in [-0.1, -0.05) is 34.1 Å². The summed E-state index contributed by atoms with van der Waals surface area (Å²) >= 11 is 3.43. The SMILES string of the molecule is COc1ccc(C(C=O)c2ccc(Br)cc2)cc1OC1CCCC1.